The summed E-state index contributed by atoms with van der Waals surface area (Å²) >= 11 is 0. The molecule has 3 rings (SSSR count). The molecule has 0 saturated carbocycles. The van der Waals surface area contributed by atoms with E-state index in [0.29, 0.717) is 11.4 Å². The maximum atomic E-state index is 13.2. The number of hydrogen-bond donors (Lipinski definition) is 2. The van der Waals surface area contributed by atoms with Gasteiger partial charge < -0.3 is 15.8 Å². The summed E-state index contributed by atoms with van der Waals surface area (Å²) in [5.41, 5.74) is 7.03. The molecule has 1 heterocycles. The van der Waals surface area contributed by atoms with Crippen molar-refractivity contribution in [2.75, 3.05) is 5.32 Å². The quantitative estimate of drug-likeness (QED) is 0.836. The van der Waals surface area contributed by atoms with E-state index in [9.17, 15) is 9.18 Å². The largest absolute Gasteiger partial charge is 0.481 e. The molecule has 3 N–H and O–H groups in total. The van der Waals surface area contributed by atoms with Gasteiger partial charge >= 0.3 is 0 Å². The van der Waals surface area contributed by atoms with Gasteiger partial charge in [0.25, 0.3) is 0 Å². The first-order chi connectivity index (χ1) is 9.65. The van der Waals surface area contributed by atoms with Crippen molar-refractivity contribution in [2.24, 2.45) is 5.73 Å². The molecule has 0 aliphatic carbocycles. The number of carbonyl (C=O) groups excluding carboxylic acids is 1. The van der Waals surface area contributed by atoms with E-state index in [2.05, 4.69) is 5.32 Å². The third kappa shape index (κ3) is 2.23. The number of rotatable bonds is 1. The minimum Gasteiger partial charge on any atom is -0.481 e. The maximum absolute atomic E-state index is 13.2. The number of carbonyl (C=O) groups is 1. The van der Waals surface area contributed by atoms with Gasteiger partial charge in [0.05, 0.1) is 5.69 Å². The molecule has 1 amide bonds. The molecule has 2 aromatic rings. The van der Waals surface area contributed by atoms with Crippen molar-refractivity contribution >= 4 is 11.6 Å². The van der Waals surface area contributed by atoms with Crippen molar-refractivity contribution in [1.29, 1.82) is 0 Å². The average molecular weight is 272 g/mol. The second-order valence-corrected chi connectivity index (χ2v) is 4.60. The number of ether oxygens (including phenoxy) is 1. The first-order valence-corrected chi connectivity index (χ1v) is 6.23. The Bertz CT molecular complexity index is 646. The van der Waals surface area contributed by atoms with Crippen LogP contribution in [0.25, 0.3) is 0 Å². The van der Waals surface area contributed by atoms with E-state index in [1.807, 2.05) is 30.3 Å². The van der Waals surface area contributed by atoms with Crippen LogP contribution in [0, 0.1) is 5.82 Å². The van der Waals surface area contributed by atoms with Gasteiger partial charge in [0.15, 0.2) is 0 Å². The number of fused-ring (bicyclic) bond motifs is 1. The Hall–Kier alpha value is -2.40. The minimum absolute atomic E-state index is 0.295. The van der Waals surface area contributed by atoms with Gasteiger partial charge in [0, 0.05) is 6.07 Å². The van der Waals surface area contributed by atoms with E-state index < -0.39 is 23.9 Å². The van der Waals surface area contributed by atoms with E-state index in [-0.39, 0.29) is 0 Å². The summed E-state index contributed by atoms with van der Waals surface area (Å²) in [6.45, 7) is 0. The lowest BCUT2D eigenvalue weighted by Gasteiger charge is -2.21. The van der Waals surface area contributed by atoms with Gasteiger partial charge in [-0.15, -0.1) is 0 Å². The zero-order valence-corrected chi connectivity index (χ0v) is 10.5. The van der Waals surface area contributed by atoms with Crippen LogP contribution in [-0.2, 0) is 4.79 Å². The molecule has 0 saturated heterocycles. The first-order valence-electron chi connectivity index (χ1n) is 6.23. The molecule has 1 aliphatic rings. The summed E-state index contributed by atoms with van der Waals surface area (Å²) in [6, 6.07) is 12.4. The fourth-order valence-electron chi connectivity index (χ4n) is 2.18. The van der Waals surface area contributed by atoms with Crippen molar-refractivity contribution in [2.45, 2.75) is 12.1 Å². The number of nitrogens with two attached hydrogens (primary N) is 1. The van der Waals surface area contributed by atoms with Gasteiger partial charge in [-0.25, -0.2) is 4.39 Å². The summed E-state index contributed by atoms with van der Waals surface area (Å²) in [5, 5.41) is 2.58. The van der Waals surface area contributed by atoms with E-state index >= 15 is 0 Å². The lowest BCUT2D eigenvalue weighted by Crippen LogP contribution is -2.41. The molecule has 5 heteroatoms. The highest BCUT2D eigenvalue weighted by Gasteiger charge is 2.32. The molecule has 2 atom stereocenters. The molecular weight excluding hydrogens is 259 g/mol. The van der Waals surface area contributed by atoms with Gasteiger partial charge in [0.2, 0.25) is 5.91 Å². The van der Waals surface area contributed by atoms with Crippen molar-refractivity contribution in [1.82, 2.24) is 0 Å². The van der Waals surface area contributed by atoms with Crippen LogP contribution in [-0.4, -0.2) is 11.9 Å². The number of nitrogens with one attached hydrogen (secondary N) is 1. The number of amides is 1. The number of benzene rings is 2. The van der Waals surface area contributed by atoms with Crippen molar-refractivity contribution in [3.63, 3.8) is 0 Å². The molecule has 0 spiro atoms. The highest BCUT2D eigenvalue weighted by molar-refractivity contribution is 5.97. The zero-order chi connectivity index (χ0) is 14.1. The van der Waals surface area contributed by atoms with E-state index in [1.54, 1.807) is 0 Å². The van der Waals surface area contributed by atoms with Gasteiger partial charge in [-0.1, -0.05) is 30.3 Å². The second-order valence-electron chi connectivity index (χ2n) is 4.60. The van der Waals surface area contributed by atoms with Gasteiger partial charge in [-0.2, -0.15) is 0 Å². The summed E-state index contributed by atoms with van der Waals surface area (Å²) in [5.74, 6) is -0.441. The van der Waals surface area contributed by atoms with E-state index in [1.165, 1.54) is 18.2 Å². The fraction of sp³-hybridized carbons (Fsp3) is 0.133. The summed E-state index contributed by atoms with van der Waals surface area (Å²) < 4.78 is 19.0. The fourth-order valence-corrected chi connectivity index (χ4v) is 2.18. The molecule has 102 valence electrons. The molecular formula is C15H13FN2O2. The Balaban J connectivity index is 2.04. The van der Waals surface area contributed by atoms with Crippen LogP contribution < -0.4 is 15.8 Å². The molecule has 0 aromatic heterocycles. The third-order valence-electron chi connectivity index (χ3n) is 3.21. The number of hydrogen-bond acceptors (Lipinski definition) is 3. The standard InChI is InChI=1S/C15H13FN2O2/c16-10-6-7-12-11(8-10)18-15(19)13(17)14(20-12)9-4-2-1-3-5-9/h1-8,13-14H,17H2,(H,18,19)/t13-,14+/m0/s1. The monoisotopic (exact) mass is 272 g/mol. The molecule has 0 radical (unpaired) electrons. The SMILES string of the molecule is N[C@@H]1C(=O)Nc2cc(F)ccc2O[C@@H]1c1ccccc1. The molecule has 0 fully saturated rings. The first kappa shape index (κ1) is 12.6. The summed E-state index contributed by atoms with van der Waals surface area (Å²) in [7, 11) is 0. The van der Waals surface area contributed by atoms with Crippen LogP contribution in [0.2, 0.25) is 0 Å². The van der Waals surface area contributed by atoms with Gasteiger partial charge in [-0.3, -0.25) is 4.79 Å². The van der Waals surface area contributed by atoms with Gasteiger partial charge in [-0.05, 0) is 17.7 Å². The minimum atomic E-state index is -0.868. The molecule has 1 aliphatic heterocycles. The highest BCUT2D eigenvalue weighted by Crippen LogP contribution is 2.34. The van der Waals surface area contributed by atoms with Crippen LogP contribution in [0.4, 0.5) is 10.1 Å². The van der Waals surface area contributed by atoms with Crippen LogP contribution in [0.15, 0.2) is 48.5 Å². The maximum Gasteiger partial charge on any atom is 0.245 e. The Morgan fingerprint density at radius 3 is 2.65 bits per heavy atom. The van der Waals surface area contributed by atoms with Crippen LogP contribution in [0.1, 0.15) is 11.7 Å². The van der Waals surface area contributed by atoms with Gasteiger partial charge in [0.1, 0.15) is 23.7 Å². The smallest absolute Gasteiger partial charge is 0.245 e. The molecule has 0 unspecified atom stereocenters. The molecule has 20 heavy (non-hydrogen) atoms. The lowest BCUT2D eigenvalue weighted by atomic mass is 10.0. The van der Waals surface area contributed by atoms with Crippen molar-refractivity contribution in [3.8, 4) is 5.75 Å². The predicted molar refractivity (Wildman–Crippen MR) is 72.8 cm³/mol. The molecule has 2 aromatic carbocycles. The van der Waals surface area contributed by atoms with Crippen LogP contribution in [0.3, 0.4) is 0 Å². The van der Waals surface area contributed by atoms with E-state index in [4.69, 9.17) is 10.5 Å². The molecule has 4 nitrogen and oxygen atoms in total. The Labute approximate surface area is 115 Å². The summed E-state index contributed by atoms with van der Waals surface area (Å²) in [4.78, 5) is 12.0. The Kier molecular flexibility index (Phi) is 3.12. The number of halogens is 1. The Morgan fingerprint density at radius 1 is 1.15 bits per heavy atom. The predicted octanol–water partition coefficient (Wildman–Crippen LogP) is 2.23. The normalized spacial score (nSPS) is 21.4. The highest BCUT2D eigenvalue weighted by atomic mass is 19.1. The van der Waals surface area contributed by atoms with Crippen molar-refractivity contribution in [3.05, 3.63) is 59.9 Å². The zero-order valence-electron chi connectivity index (χ0n) is 10.5. The topological polar surface area (TPSA) is 64.4 Å². The Morgan fingerprint density at radius 2 is 1.90 bits per heavy atom. The lowest BCUT2D eigenvalue weighted by molar-refractivity contribution is -0.119. The second kappa shape index (κ2) is 4.94. The molecule has 0 bridgehead atoms. The number of anilines is 1. The third-order valence-corrected chi connectivity index (χ3v) is 3.21. The van der Waals surface area contributed by atoms with E-state index in [0.717, 1.165) is 5.56 Å². The summed E-state index contributed by atoms with van der Waals surface area (Å²) in [6.07, 6.45) is -0.608. The average Bonchev–Trinajstić information content (AvgIpc) is 2.57. The van der Waals surface area contributed by atoms with Crippen molar-refractivity contribution < 1.29 is 13.9 Å². The van der Waals surface area contributed by atoms with Crippen LogP contribution in [0.5, 0.6) is 5.75 Å². The van der Waals surface area contributed by atoms with Crippen LogP contribution >= 0.6 is 0 Å².